The molecule has 1 heterocycles. The van der Waals surface area contributed by atoms with Crippen LogP contribution >= 0.6 is 0 Å². The zero-order valence-corrected chi connectivity index (χ0v) is 10.6. The van der Waals surface area contributed by atoms with Gasteiger partial charge < -0.3 is 0 Å². The molecule has 106 valence electrons. The van der Waals surface area contributed by atoms with Crippen LogP contribution in [0.3, 0.4) is 0 Å². The number of alkyl halides is 3. The number of hydrogen-bond donors (Lipinski definition) is 1. The zero-order valence-electron chi connectivity index (χ0n) is 10.6. The van der Waals surface area contributed by atoms with E-state index in [0.29, 0.717) is 11.6 Å². The topological polar surface area (TPSA) is 37.8 Å². The molecule has 0 saturated heterocycles. The maximum Gasteiger partial charge on any atom is 0.418 e. The van der Waals surface area contributed by atoms with Gasteiger partial charge in [0.1, 0.15) is 0 Å². The molecule has 0 bridgehead atoms. The van der Waals surface area contributed by atoms with E-state index in [1.807, 2.05) is 0 Å². The summed E-state index contributed by atoms with van der Waals surface area (Å²) < 4.78 is 39.9. The van der Waals surface area contributed by atoms with Crippen LogP contribution in [0.15, 0.2) is 35.1 Å². The summed E-state index contributed by atoms with van der Waals surface area (Å²) in [5.41, 5.74) is -0.749. The molecule has 1 aliphatic rings. The molecule has 0 aliphatic heterocycles. The van der Waals surface area contributed by atoms with Crippen molar-refractivity contribution in [3.63, 3.8) is 0 Å². The van der Waals surface area contributed by atoms with E-state index in [-0.39, 0.29) is 5.69 Å². The molecule has 0 spiro atoms. The molecule has 1 aliphatic carbocycles. The summed E-state index contributed by atoms with van der Waals surface area (Å²) in [5, 5.41) is 2.79. The number of nitrogens with zero attached hydrogens (tertiary/aromatic N) is 1. The predicted octanol–water partition coefficient (Wildman–Crippen LogP) is 3.14. The molecule has 1 aromatic heterocycles. The monoisotopic (exact) mass is 282 g/mol. The quantitative estimate of drug-likeness (QED) is 0.922. The van der Waals surface area contributed by atoms with Gasteiger partial charge in [0.25, 0.3) is 5.56 Å². The van der Waals surface area contributed by atoms with Crippen molar-refractivity contribution in [2.45, 2.75) is 25.4 Å². The third-order valence-corrected chi connectivity index (χ3v) is 3.43. The number of aromatic nitrogens is 2. The summed E-state index contributed by atoms with van der Waals surface area (Å²) in [6.45, 7) is 0. The van der Waals surface area contributed by atoms with Gasteiger partial charge in [-0.1, -0.05) is 12.1 Å². The zero-order chi connectivity index (χ0) is 14.3. The second-order valence-corrected chi connectivity index (χ2v) is 5.12. The SMILES string of the molecule is O=c1cc(CC2CC2)[nH]n1-c1ccccc1C(F)(F)F. The second kappa shape index (κ2) is 4.54. The van der Waals surface area contributed by atoms with Crippen LogP contribution in [-0.4, -0.2) is 9.78 Å². The van der Waals surface area contributed by atoms with E-state index in [0.717, 1.165) is 30.0 Å². The van der Waals surface area contributed by atoms with Crippen LogP contribution < -0.4 is 5.56 Å². The van der Waals surface area contributed by atoms with Crippen molar-refractivity contribution in [1.82, 2.24) is 9.78 Å². The number of benzene rings is 1. The number of halogens is 3. The highest BCUT2D eigenvalue weighted by Crippen LogP contribution is 2.34. The lowest BCUT2D eigenvalue weighted by molar-refractivity contribution is -0.137. The third kappa shape index (κ3) is 2.50. The minimum Gasteiger partial charge on any atom is -0.295 e. The van der Waals surface area contributed by atoms with Crippen LogP contribution in [0.2, 0.25) is 0 Å². The van der Waals surface area contributed by atoms with Gasteiger partial charge in [0.15, 0.2) is 0 Å². The summed E-state index contributed by atoms with van der Waals surface area (Å²) in [6, 6.07) is 6.44. The lowest BCUT2D eigenvalue weighted by atomic mass is 10.2. The van der Waals surface area contributed by atoms with Crippen molar-refractivity contribution in [2.75, 3.05) is 0 Å². The maximum absolute atomic E-state index is 13.0. The summed E-state index contributed by atoms with van der Waals surface area (Å²) >= 11 is 0. The minimum absolute atomic E-state index is 0.160. The van der Waals surface area contributed by atoms with Gasteiger partial charge in [-0.05, 0) is 37.3 Å². The Morgan fingerprint density at radius 2 is 1.95 bits per heavy atom. The molecule has 1 N–H and O–H groups in total. The first kappa shape index (κ1) is 13.0. The molecule has 1 aromatic carbocycles. The fraction of sp³-hybridized carbons (Fsp3) is 0.357. The molecule has 1 fully saturated rings. The predicted molar refractivity (Wildman–Crippen MR) is 67.8 cm³/mol. The Labute approximate surface area is 113 Å². The van der Waals surface area contributed by atoms with E-state index in [1.54, 1.807) is 0 Å². The second-order valence-electron chi connectivity index (χ2n) is 5.12. The van der Waals surface area contributed by atoms with E-state index >= 15 is 0 Å². The van der Waals surface area contributed by atoms with Crippen LogP contribution in [0.1, 0.15) is 24.1 Å². The Bertz CT molecular complexity index is 680. The van der Waals surface area contributed by atoms with Gasteiger partial charge in [-0.25, -0.2) is 4.68 Å². The van der Waals surface area contributed by atoms with Crippen molar-refractivity contribution in [3.8, 4) is 5.69 Å². The van der Waals surface area contributed by atoms with Gasteiger partial charge in [-0.2, -0.15) is 13.2 Å². The Hall–Kier alpha value is -1.98. The van der Waals surface area contributed by atoms with E-state index < -0.39 is 17.3 Å². The highest BCUT2D eigenvalue weighted by molar-refractivity contribution is 5.42. The van der Waals surface area contributed by atoms with Crippen molar-refractivity contribution in [2.24, 2.45) is 5.92 Å². The molecule has 0 unspecified atom stereocenters. The van der Waals surface area contributed by atoms with E-state index in [9.17, 15) is 18.0 Å². The number of H-pyrrole nitrogens is 1. The van der Waals surface area contributed by atoms with Gasteiger partial charge in [0.2, 0.25) is 0 Å². The molecule has 2 aromatic rings. The number of para-hydroxylation sites is 1. The Balaban J connectivity index is 2.04. The standard InChI is InChI=1S/C14H13F3N2O/c15-14(16,17)11-3-1-2-4-12(11)19-13(20)8-10(18-19)7-9-5-6-9/h1-4,8-9,18H,5-7H2. The van der Waals surface area contributed by atoms with E-state index in [1.165, 1.54) is 24.3 Å². The molecule has 6 heteroatoms. The van der Waals surface area contributed by atoms with Gasteiger partial charge in [-0.3, -0.25) is 9.89 Å². The summed E-state index contributed by atoms with van der Waals surface area (Å²) in [7, 11) is 0. The largest absolute Gasteiger partial charge is 0.418 e. The van der Waals surface area contributed by atoms with Crippen molar-refractivity contribution >= 4 is 0 Å². The molecular weight excluding hydrogens is 269 g/mol. The minimum atomic E-state index is -4.49. The number of nitrogens with one attached hydrogen (secondary N) is 1. The molecule has 3 rings (SSSR count). The van der Waals surface area contributed by atoms with E-state index in [2.05, 4.69) is 5.10 Å². The van der Waals surface area contributed by atoms with Gasteiger partial charge in [-0.15, -0.1) is 0 Å². The third-order valence-electron chi connectivity index (χ3n) is 3.43. The molecule has 20 heavy (non-hydrogen) atoms. The Morgan fingerprint density at radius 3 is 2.60 bits per heavy atom. The van der Waals surface area contributed by atoms with Crippen molar-refractivity contribution in [3.05, 3.63) is 51.9 Å². The smallest absolute Gasteiger partial charge is 0.295 e. The van der Waals surface area contributed by atoms with Crippen LogP contribution in [0.25, 0.3) is 5.69 Å². The maximum atomic E-state index is 13.0. The summed E-state index contributed by atoms with van der Waals surface area (Å²) in [6.07, 6.45) is -1.53. The number of hydrogen-bond acceptors (Lipinski definition) is 1. The Morgan fingerprint density at radius 1 is 1.25 bits per heavy atom. The van der Waals surface area contributed by atoms with E-state index in [4.69, 9.17) is 0 Å². The Kier molecular flexibility index (Phi) is 2.96. The van der Waals surface area contributed by atoms with Crippen LogP contribution in [-0.2, 0) is 12.6 Å². The van der Waals surface area contributed by atoms with Crippen molar-refractivity contribution in [1.29, 1.82) is 0 Å². The van der Waals surface area contributed by atoms with Crippen LogP contribution in [0.5, 0.6) is 0 Å². The highest BCUT2D eigenvalue weighted by atomic mass is 19.4. The number of rotatable bonds is 3. The van der Waals surface area contributed by atoms with Crippen LogP contribution in [0.4, 0.5) is 13.2 Å². The first-order valence-electron chi connectivity index (χ1n) is 6.42. The lowest BCUT2D eigenvalue weighted by Crippen LogP contribution is -2.18. The fourth-order valence-corrected chi connectivity index (χ4v) is 2.27. The molecular formula is C14H13F3N2O. The van der Waals surface area contributed by atoms with Crippen LogP contribution in [0, 0.1) is 5.92 Å². The normalized spacial score (nSPS) is 15.6. The summed E-state index contributed by atoms with van der Waals surface area (Å²) in [4.78, 5) is 11.9. The first-order valence-corrected chi connectivity index (χ1v) is 6.42. The average Bonchev–Trinajstić information content (AvgIpc) is 3.11. The number of aromatic amines is 1. The molecule has 3 nitrogen and oxygen atoms in total. The van der Waals surface area contributed by atoms with Gasteiger partial charge >= 0.3 is 6.18 Å². The molecule has 0 radical (unpaired) electrons. The van der Waals surface area contributed by atoms with Gasteiger partial charge in [0.05, 0.1) is 11.3 Å². The lowest BCUT2D eigenvalue weighted by Gasteiger charge is -2.12. The average molecular weight is 282 g/mol. The molecule has 0 atom stereocenters. The van der Waals surface area contributed by atoms with Gasteiger partial charge in [0, 0.05) is 11.8 Å². The molecule has 1 saturated carbocycles. The molecule has 0 amide bonds. The highest BCUT2D eigenvalue weighted by Gasteiger charge is 2.34. The first-order chi connectivity index (χ1) is 9.45. The van der Waals surface area contributed by atoms with Crippen molar-refractivity contribution < 1.29 is 13.2 Å². The summed E-state index contributed by atoms with van der Waals surface area (Å²) in [5.74, 6) is 0.555. The fourth-order valence-electron chi connectivity index (χ4n) is 2.27.